The highest BCUT2D eigenvalue weighted by Crippen LogP contribution is 2.30. The third kappa shape index (κ3) is 4.81. The molecule has 7 nitrogen and oxygen atoms in total. The Morgan fingerprint density at radius 2 is 1.76 bits per heavy atom. The summed E-state index contributed by atoms with van der Waals surface area (Å²) in [4.78, 5) is 21.6. The minimum Gasteiger partial charge on any atom is -0.492 e. The number of nitrogens with zero attached hydrogens (tertiary/aromatic N) is 2. The first-order valence-corrected chi connectivity index (χ1v) is 11.4. The summed E-state index contributed by atoms with van der Waals surface area (Å²) in [5.41, 5.74) is 5.32. The molecule has 1 aliphatic heterocycles. The van der Waals surface area contributed by atoms with Crippen LogP contribution in [-0.4, -0.2) is 65.4 Å². The van der Waals surface area contributed by atoms with Crippen LogP contribution in [0.25, 0.3) is 33.3 Å². The number of carboxylic acid groups (broad SMARTS) is 1. The lowest BCUT2D eigenvalue weighted by atomic mass is 9.98. The SMILES string of the molecule is Cc1nc2c(C(=O)O)cc(-c3ccc(-c4cccc(OCCN5CCOCC5)c4)cc3)cc2[nH]1. The molecule has 0 spiro atoms. The zero-order valence-electron chi connectivity index (χ0n) is 19.1. The van der Waals surface area contributed by atoms with E-state index < -0.39 is 5.97 Å². The van der Waals surface area contributed by atoms with Crippen LogP contribution < -0.4 is 4.74 Å². The molecule has 0 atom stereocenters. The monoisotopic (exact) mass is 457 g/mol. The van der Waals surface area contributed by atoms with Crippen molar-refractivity contribution in [1.82, 2.24) is 14.9 Å². The zero-order valence-corrected chi connectivity index (χ0v) is 19.1. The maximum absolute atomic E-state index is 11.8. The van der Waals surface area contributed by atoms with Gasteiger partial charge in [-0.2, -0.15) is 0 Å². The second kappa shape index (κ2) is 9.67. The number of rotatable bonds is 7. The summed E-state index contributed by atoms with van der Waals surface area (Å²) in [7, 11) is 0. The molecule has 2 heterocycles. The molecule has 3 aromatic carbocycles. The van der Waals surface area contributed by atoms with E-state index in [1.165, 1.54) is 0 Å². The summed E-state index contributed by atoms with van der Waals surface area (Å²) in [5, 5.41) is 9.64. The first kappa shape index (κ1) is 22.1. The lowest BCUT2D eigenvalue weighted by molar-refractivity contribution is 0.0322. The smallest absolute Gasteiger partial charge is 0.337 e. The number of benzene rings is 3. The second-order valence-electron chi connectivity index (χ2n) is 8.45. The second-order valence-corrected chi connectivity index (χ2v) is 8.45. The van der Waals surface area contributed by atoms with Crippen molar-refractivity contribution in [2.45, 2.75) is 6.92 Å². The van der Waals surface area contributed by atoms with Crippen molar-refractivity contribution < 1.29 is 19.4 Å². The molecule has 2 N–H and O–H groups in total. The number of morpholine rings is 1. The third-order valence-corrected chi connectivity index (χ3v) is 6.10. The molecule has 1 saturated heterocycles. The third-order valence-electron chi connectivity index (χ3n) is 6.10. The summed E-state index contributed by atoms with van der Waals surface area (Å²) < 4.78 is 11.4. The fourth-order valence-electron chi connectivity index (χ4n) is 4.31. The highest BCUT2D eigenvalue weighted by molar-refractivity contribution is 6.03. The Hall–Kier alpha value is -3.68. The van der Waals surface area contributed by atoms with Gasteiger partial charge in [0.05, 0.1) is 24.3 Å². The van der Waals surface area contributed by atoms with Crippen molar-refractivity contribution in [3.05, 3.63) is 72.1 Å². The highest BCUT2D eigenvalue weighted by atomic mass is 16.5. The van der Waals surface area contributed by atoms with Crippen LogP contribution in [0, 0.1) is 6.92 Å². The van der Waals surface area contributed by atoms with Crippen LogP contribution in [-0.2, 0) is 4.74 Å². The lowest BCUT2D eigenvalue weighted by Crippen LogP contribution is -2.38. The van der Waals surface area contributed by atoms with Crippen molar-refractivity contribution in [1.29, 1.82) is 0 Å². The van der Waals surface area contributed by atoms with Crippen molar-refractivity contribution in [2.24, 2.45) is 0 Å². The maximum Gasteiger partial charge on any atom is 0.337 e. The van der Waals surface area contributed by atoms with Crippen LogP contribution >= 0.6 is 0 Å². The first-order chi connectivity index (χ1) is 16.6. The van der Waals surface area contributed by atoms with Gasteiger partial charge in [-0.15, -0.1) is 0 Å². The molecule has 7 heteroatoms. The Labute approximate surface area is 198 Å². The van der Waals surface area contributed by atoms with Crippen LogP contribution in [0.15, 0.2) is 60.7 Å². The minimum absolute atomic E-state index is 0.197. The fourth-order valence-corrected chi connectivity index (χ4v) is 4.31. The molecule has 0 unspecified atom stereocenters. The van der Waals surface area contributed by atoms with Crippen molar-refractivity contribution in [3.8, 4) is 28.0 Å². The van der Waals surface area contributed by atoms with E-state index in [1.54, 1.807) is 6.07 Å². The van der Waals surface area contributed by atoms with E-state index in [9.17, 15) is 9.90 Å². The topological polar surface area (TPSA) is 87.7 Å². The van der Waals surface area contributed by atoms with Crippen molar-refractivity contribution in [3.63, 3.8) is 0 Å². The van der Waals surface area contributed by atoms with Crippen molar-refractivity contribution in [2.75, 3.05) is 39.5 Å². The molecule has 1 aromatic heterocycles. The van der Waals surface area contributed by atoms with Gasteiger partial charge in [0.25, 0.3) is 0 Å². The fraction of sp³-hybridized carbons (Fsp3) is 0.259. The Balaban J connectivity index is 1.32. The van der Waals surface area contributed by atoms with E-state index in [1.807, 2.05) is 49.4 Å². The van der Waals surface area contributed by atoms with Gasteiger partial charge in [-0.05, 0) is 53.4 Å². The van der Waals surface area contributed by atoms with Gasteiger partial charge in [-0.25, -0.2) is 9.78 Å². The molecule has 4 aromatic rings. The van der Waals surface area contributed by atoms with Crippen LogP contribution in [0.5, 0.6) is 5.75 Å². The number of carbonyl (C=O) groups is 1. The number of aryl methyl sites for hydroxylation is 1. The van der Waals surface area contributed by atoms with E-state index in [4.69, 9.17) is 9.47 Å². The molecule has 1 fully saturated rings. The van der Waals surface area contributed by atoms with Gasteiger partial charge in [0.15, 0.2) is 0 Å². The molecule has 0 radical (unpaired) electrons. The molecule has 0 bridgehead atoms. The van der Waals surface area contributed by atoms with Crippen molar-refractivity contribution >= 4 is 17.0 Å². The van der Waals surface area contributed by atoms with E-state index in [2.05, 4.69) is 27.0 Å². The zero-order chi connectivity index (χ0) is 23.5. The quantitative estimate of drug-likeness (QED) is 0.421. The Morgan fingerprint density at radius 1 is 1.03 bits per heavy atom. The van der Waals surface area contributed by atoms with Crippen LogP contribution in [0.1, 0.15) is 16.2 Å². The predicted octanol–water partition coefficient (Wildman–Crippen LogP) is 4.61. The molecule has 174 valence electrons. The number of imidazole rings is 1. The molecular formula is C27H27N3O4. The average molecular weight is 458 g/mol. The van der Waals surface area contributed by atoms with Gasteiger partial charge in [-0.3, -0.25) is 4.90 Å². The van der Waals surface area contributed by atoms with E-state index in [0.29, 0.717) is 17.9 Å². The number of hydrogen-bond acceptors (Lipinski definition) is 5. The number of fused-ring (bicyclic) bond motifs is 1. The van der Waals surface area contributed by atoms with E-state index in [-0.39, 0.29) is 5.56 Å². The summed E-state index contributed by atoms with van der Waals surface area (Å²) in [6.07, 6.45) is 0. The molecular weight excluding hydrogens is 430 g/mol. The normalized spacial score (nSPS) is 14.4. The number of aromatic carboxylic acids is 1. The summed E-state index contributed by atoms with van der Waals surface area (Å²) in [6, 6.07) is 19.8. The van der Waals surface area contributed by atoms with Gasteiger partial charge in [-0.1, -0.05) is 36.4 Å². The van der Waals surface area contributed by atoms with Gasteiger partial charge < -0.3 is 19.6 Å². The van der Waals surface area contributed by atoms with Crippen LogP contribution in [0.2, 0.25) is 0 Å². The number of aromatic nitrogens is 2. The number of aromatic amines is 1. The molecule has 0 amide bonds. The predicted molar refractivity (Wildman–Crippen MR) is 131 cm³/mol. The minimum atomic E-state index is -0.986. The highest BCUT2D eigenvalue weighted by Gasteiger charge is 2.15. The largest absolute Gasteiger partial charge is 0.492 e. The molecule has 0 saturated carbocycles. The Morgan fingerprint density at radius 3 is 2.50 bits per heavy atom. The summed E-state index contributed by atoms with van der Waals surface area (Å²) in [5.74, 6) is 0.554. The molecule has 5 rings (SSSR count). The molecule has 1 aliphatic rings. The van der Waals surface area contributed by atoms with Crippen LogP contribution in [0.4, 0.5) is 0 Å². The first-order valence-electron chi connectivity index (χ1n) is 11.4. The van der Waals surface area contributed by atoms with Gasteiger partial charge in [0, 0.05) is 19.6 Å². The number of H-pyrrole nitrogens is 1. The van der Waals surface area contributed by atoms with Crippen LogP contribution in [0.3, 0.4) is 0 Å². The lowest BCUT2D eigenvalue weighted by Gasteiger charge is -2.26. The van der Waals surface area contributed by atoms with Gasteiger partial charge in [0.2, 0.25) is 0 Å². The maximum atomic E-state index is 11.8. The Bertz CT molecular complexity index is 1310. The van der Waals surface area contributed by atoms with Gasteiger partial charge in [0.1, 0.15) is 23.7 Å². The summed E-state index contributed by atoms with van der Waals surface area (Å²) >= 11 is 0. The molecule has 34 heavy (non-hydrogen) atoms. The average Bonchev–Trinajstić information content (AvgIpc) is 3.24. The number of nitrogens with one attached hydrogen (secondary N) is 1. The number of carboxylic acids is 1. The number of hydrogen-bond donors (Lipinski definition) is 2. The Kier molecular flexibility index (Phi) is 6.29. The van der Waals surface area contributed by atoms with Gasteiger partial charge >= 0.3 is 5.97 Å². The van der Waals surface area contributed by atoms with E-state index >= 15 is 0 Å². The summed E-state index contributed by atoms with van der Waals surface area (Å²) in [6.45, 7) is 6.84. The number of ether oxygens (including phenoxy) is 2. The van der Waals surface area contributed by atoms with E-state index in [0.717, 1.165) is 66.4 Å². The molecule has 0 aliphatic carbocycles. The standard InChI is InChI=1S/C27H27N3O4/c1-18-28-25-17-22(16-24(27(31)32)26(25)29-18)20-7-5-19(6-8-20)21-3-2-4-23(15-21)34-14-11-30-9-12-33-13-10-30/h2-8,15-17H,9-14H2,1H3,(H,28,29)(H,31,32).